The molecule has 1 aliphatic carbocycles. The number of rotatable bonds is 5. The van der Waals surface area contributed by atoms with E-state index in [1.54, 1.807) is 12.1 Å². The molecular formula is C18H24N2O3S. The van der Waals surface area contributed by atoms with Gasteiger partial charge in [-0.3, -0.25) is 0 Å². The summed E-state index contributed by atoms with van der Waals surface area (Å²) in [6.07, 6.45) is 8.40. The van der Waals surface area contributed by atoms with E-state index in [0.29, 0.717) is 5.76 Å². The van der Waals surface area contributed by atoms with Gasteiger partial charge >= 0.3 is 6.03 Å². The molecule has 3 N–H and O–H groups in total. The van der Waals surface area contributed by atoms with Crippen molar-refractivity contribution in [2.75, 3.05) is 6.54 Å². The summed E-state index contributed by atoms with van der Waals surface area (Å²) in [6, 6.07) is 7.18. The fourth-order valence-electron chi connectivity index (χ4n) is 3.19. The number of aliphatic hydroxyl groups is 1. The van der Waals surface area contributed by atoms with Crippen molar-refractivity contribution in [1.82, 2.24) is 10.6 Å². The molecule has 1 atom stereocenters. The van der Waals surface area contributed by atoms with Crippen molar-refractivity contribution in [3.63, 3.8) is 0 Å². The first-order valence-corrected chi connectivity index (χ1v) is 9.41. The van der Waals surface area contributed by atoms with Crippen LogP contribution in [0.2, 0.25) is 0 Å². The summed E-state index contributed by atoms with van der Waals surface area (Å²) < 4.78 is 5.41. The molecule has 0 saturated heterocycles. The largest absolute Gasteiger partial charge is 0.466 e. The summed E-state index contributed by atoms with van der Waals surface area (Å²) in [4.78, 5) is 13.0. The Morgan fingerprint density at radius 1 is 1.25 bits per heavy atom. The average molecular weight is 348 g/mol. The molecule has 1 saturated carbocycles. The number of carbonyl (C=O) groups excluding carboxylic acids is 1. The molecule has 1 aliphatic rings. The quantitative estimate of drug-likeness (QED) is 0.723. The number of nitrogens with one attached hydrogen (secondary N) is 2. The van der Waals surface area contributed by atoms with Gasteiger partial charge in [-0.1, -0.05) is 31.7 Å². The molecule has 0 spiro atoms. The van der Waals surface area contributed by atoms with Crippen molar-refractivity contribution >= 4 is 17.4 Å². The number of furan rings is 1. The maximum Gasteiger partial charge on any atom is 0.315 e. The van der Waals surface area contributed by atoms with E-state index < -0.39 is 5.60 Å². The number of urea groups is 1. The minimum absolute atomic E-state index is 0.0690. The molecule has 2 aromatic rings. The number of carbonyl (C=O) groups is 1. The fraction of sp³-hybridized carbons (Fsp3) is 0.500. The highest BCUT2D eigenvalue weighted by Crippen LogP contribution is 2.32. The Balaban J connectivity index is 1.62. The Labute approximate surface area is 146 Å². The van der Waals surface area contributed by atoms with E-state index in [1.807, 2.05) is 17.5 Å². The lowest BCUT2D eigenvalue weighted by molar-refractivity contribution is 0.0621. The van der Waals surface area contributed by atoms with E-state index >= 15 is 0 Å². The zero-order chi connectivity index (χ0) is 16.8. The predicted octanol–water partition coefficient (Wildman–Crippen LogP) is 3.60. The van der Waals surface area contributed by atoms with Crippen LogP contribution in [0.15, 0.2) is 40.3 Å². The van der Waals surface area contributed by atoms with Crippen LogP contribution in [0, 0.1) is 0 Å². The van der Waals surface area contributed by atoms with Crippen molar-refractivity contribution in [3.05, 3.63) is 46.5 Å². The second-order valence-corrected chi connectivity index (χ2v) is 7.28. The van der Waals surface area contributed by atoms with Crippen LogP contribution < -0.4 is 10.6 Å². The molecule has 130 valence electrons. The summed E-state index contributed by atoms with van der Waals surface area (Å²) in [5.74, 6) is 0.430. The SMILES string of the molecule is O=C(NCC(O)(c1ccco1)c1cccs1)NC1CCCCCC1. The van der Waals surface area contributed by atoms with Gasteiger partial charge in [-0.15, -0.1) is 11.3 Å². The smallest absolute Gasteiger partial charge is 0.315 e. The lowest BCUT2D eigenvalue weighted by atomic mass is 9.98. The molecule has 0 radical (unpaired) electrons. The van der Waals surface area contributed by atoms with Crippen LogP contribution in [0.25, 0.3) is 0 Å². The summed E-state index contributed by atoms with van der Waals surface area (Å²) in [5.41, 5.74) is -1.35. The van der Waals surface area contributed by atoms with Crippen molar-refractivity contribution in [2.24, 2.45) is 0 Å². The van der Waals surface area contributed by atoms with E-state index in [4.69, 9.17) is 4.42 Å². The number of thiophene rings is 1. The first-order chi connectivity index (χ1) is 11.7. The van der Waals surface area contributed by atoms with Crippen molar-refractivity contribution in [2.45, 2.75) is 50.2 Å². The van der Waals surface area contributed by atoms with Crippen LogP contribution in [0.4, 0.5) is 4.79 Å². The topological polar surface area (TPSA) is 74.5 Å². The van der Waals surface area contributed by atoms with Crippen LogP contribution in [0.5, 0.6) is 0 Å². The Morgan fingerprint density at radius 3 is 2.67 bits per heavy atom. The normalized spacial score (nSPS) is 18.5. The molecule has 1 fully saturated rings. The molecule has 2 amide bonds. The monoisotopic (exact) mass is 348 g/mol. The van der Waals surface area contributed by atoms with Gasteiger partial charge in [0.25, 0.3) is 0 Å². The molecular weight excluding hydrogens is 324 g/mol. The molecule has 6 heteroatoms. The predicted molar refractivity (Wildman–Crippen MR) is 94.1 cm³/mol. The summed E-state index contributed by atoms with van der Waals surface area (Å²) in [6.45, 7) is 0.0690. The minimum atomic E-state index is -1.35. The van der Waals surface area contributed by atoms with Gasteiger partial charge in [-0.2, -0.15) is 0 Å². The lowest BCUT2D eigenvalue weighted by Crippen LogP contribution is -2.47. The second-order valence-electron chi connectivity index (χ2n) is 6.33. The molecule has 2 heterocycles. The van der Waals surface area contributed by atoms with E-state index in [0.717, 1.165) is 30.6 Å². The number of hydrogen-bond donors (Lipinski definition) is 3. The Hall–Kier alpha value is -1.79. The Morgan fingerprint density at radius 2 is 2.04 bits per heavy atom. The summed E-state index contributed by atoms with van der Waals surface area (Å²) >= 11 is 1.44. The highest BCUT2D eigenvalue weighted by Gasteiger charge is 2.36. The fourth-order valence-corrected chi connectivity index (χ4v) is 4.02. The van der Waals surface area contributed by atoms with Crippen molar-refractivity contribution in [1.29, 1.82) is 0 Å². The van der Waals surface area contributed by atoms with Gasteiger partial charge in [-0.25, -0.2) is 4.79 Å². The molecule has 3 rings (SSSR count). The van der Waals surface area contributed by atoms with Crippen LogP contribution in [-0.4, -0.2) is 23.7 Å². The number of amides is 2. The van der Waals surface area contributed by atoms with E-state index in [2.05, 4.69) is 10.6 Å². The summed E-state index contributed by atoms with van der Waals surface area (Å²) in [5, 5.41) is 18.9. The molecule has 0 aliphatic heterocycles. The Bertz CT molecular complexity index is 582. The van der Waals surface area contributed by atoms with Crippen LogP contribution in [-0.2, 0) is 5.60 Å². The Kier molecular flexibility index (Phi) is 5.58. The van der Waals surface area contributed by atoms with Gasteiger partial charge in [0.15, 0.2) is 5.60 Å². The first-order valence-electron chi connectivity index (χ1n) is 8.53. The van der Waals surface area contributed by atoms with E-state index in [-0.39, 0.29) is 18.6 Å². The molecule has 2 aromatic heterocycles. The standard InChI is InChI=1S/C18H24N2O3S/c21-17(20-14-7-3-1-2-4-8-14)19-13-18(22,15-9-5-11-23-15)16-10-6-12-24-16/h5-6,9-12,14,22H,1-4,7-8,13H2,(H2,19,20,21). The van der Waals surface area contributed by atoms with Crippen LogP contribution in [0.1, 0.15) is 49.2 Å². The molecule has 0 bridgehead atoms. The maximum absolute atomic E-state index is 12.2. The minimum Gasteiger partial charge on any atom is -0.466 e. The van der Waals surface area contributed by atoms with E-state index in [9.17, 15) is 9.90 Å². The molecule has 1 unspecified atom stereocenters. The van der Waals surface area contributed by atoms with E-state index in [1.165, 1.54) is 30.4 Å². The molecule has 0 aromatic carbocycles. The third-order valence-corrected chi connectivity index (χ3v) is 5.57. The third-order valence-electron chi connectivity index (χ3n) is 4.55. The van der Waals surface area contributed by atoms with Gasteiger partial charge < -0.3 is 20.2 Å². The lowest BCUT2D eigenvalue weighted by Gasteiger charge is -2.26. The first kappa shape index (κ1) is 17.0. The third kappa shape index (κ3) is 3.99. The van der Waals surface area contributed by atoms with Crippen LogP contribution >= 0.6 is 11.3 Å². The zero-order valence-electron chi connectivity index (χ0n) is 13.7. The summed E-state index contributed by atoms with van der Waals surface area (Å²) in [7, 11) is 0. The van der Waals surface area contributed by atoms with Crippen molar-refractivity contribution in [3.8, 4) is 0 Å². The zero-order valence-corrected chi connectivity index (χ0v) is 14.5. The van der Waals surface area contributed by atoms with Gasteiger partial charge in [0, 0.05) is 10.9 Å². The van der Waals surface area contributed by atoms with Gasteiger partial charge in [0.05, 0.1) is 12.8 Å². The second kappa shape index (κ2) is 7.85. The van der Waals surface area contributed by atoms with Gasteiger partial charge in [0.1, 0.15) is 5.76 Å². The molecule has 5 nitrogen and oxygen atoms in total. The van der Waals surface area contributed by atoms with Crippen molar-refractivity contribution < 1.29 is 14.3 Å². The highest BCUT2D eigenvalue weighted by atomic mass is 32.1. The highest BCUT2D eigenvalue weighted by molar-refractivity contribution is 7.10. The molecule has 24 heavy (non-hydrogen) atoms. The number of hydrogen-bond acceptors (Lipinski definition) is 4. The average Bonchev–Trinajstić information content (AvgIpc) is 3.25. The van der Waals surface area contributed by atoms with Gasteiger partial charge in [0.2, 0.25) is 0 Å². The maximum atomic E-state index is 12.2. The van der Waals surface area contributed by atoms with Gasteiger partial charge in [-0.05, 0) is 36.4 Å². The van der Waals surface area contributed by atoms with Crippen LogP contribution in [0.3, 0.4) is 0 Å².